The molecule has 0 N–H and O–H groups in total. The first kappa shape index (κ1) is 19.2. The second kappa shape index (κ2) is 9.98. The standard InChI is InChI=1S/C20H20O6/c1-2-3-5-14-18(21)24-17-13-9-8-12-16(17)20(23)26-25-19(22)15-10-6-4-7-11-15/h4,6-13H,2-3,5,14H2,1H3. The van der Waals surface area contributed by atoms with Gasteiger partial charge in [0.25, 0.3) is 0 Å². The van der Waals surface area contributed by atoms with Crippen molar-refractivity contribution in [2.24, 2.45) is 0 Å². The lowest BCUT2D eigenvalue weighted by molar-refractivity contribution is -0.187. The van der Waals surface area contributed by atoms with E-state index in [0.717, 1.165) is 19.3 Å². The van der Waals surface area contributed by atoms with Gasteiger partial charge in [0.1, 0.15) is 11.3 Å². The van der Waals surface area contributed by atoms with Gasteiger partial charge >= 0.3 is 17.9 Å². The molecule has 2 aromatic rings. The lowest BCUT2D eigenvalue weighted by Crippen LogP contribution is -2.15. The largest absolute Gasteiger partial charge is 0.426 e. The summed E-state index contributed by atoms with van der Waals surface area (Å²) >= 11 is 0. The van der Waals surface area contributed by atoms with Gasteiger partial charge in [-0.3, -0.25) is 4.79 Å². The van der Waals surface area contributed by atoms with Gasteiger partial charge in [-0.15, -0.1) is 0 Å². The highest BCUT2D eigenvalue weighted by atomic mass is 17.2. The zero-order valence-corrected chi connectivity index (χ0v) is 14.5. The zero-order valence-electron chi connectivity index (χ0n) is 14.5. The van der Waals surface area contributed by atoms with Crippen LogP contribution in [-0.4, -0.2) is 17.9 Å². The van der Waals surface area contributed by atoms with E-state index in [2.05, 4.69) is 9.78 Å². The van der Waals surface area contributed by atoms with Gasteiger partial charge in [-0.2, -0.15) is 0 Å². The average molecular weight is 356 g/mol. The minimum Gasteiger partial charge on any atom is -0.426 e. The Kier molecular flexibility index (Phi) is 7.36. The molecule has 0 unspecified atom stereocenters. The molecule has 0 atom stereocenters. The van der Waals surface area contributed by atoms with Crippen molar-refractivity contribution in [3.8, 4) is 5.75 Å². The van der Waals surface area contributed by atoms with E-state index in [4.69, 9.17) is 4.74 Å². The molecule has 0 aliphatic heterocycles. The molecule has 0 heterocycles. The molecule has 0 spiro atoms. The van der Waals surface area contributed by atoms with Crippen LogP contribution < -0.4 is 4.74 Å². The van der Waals surface area contributed by atoms with Gasteiger partial charge in [0.2, 0.25) is 0 Å². The smallest absolute Gasteiger partial charge is 0.390 e. The summed E-state index contributed by atoms with van der Waals surface area (Å²) < 4.78 is 5.22. The van der Waals surface area contributed by atoms with Gasteiger partial charge in [-0.1, -0.05) is 50.1 Å². The van der Waals surface area contributed by atoms with Gasteiger partial charge in [0, 0.05) is 6.42 Å². The van der Waals surface area contributed by atoms with E-state index < -0.39 is 17.9 Å². The molecule has 26 heavy (non-hydrogen) atoms. The van der Waals surface area contributed by atoms with Crippen LogP contribution in [-0.2, 0) is 14.6 Å². The second-order valence-electron chi connectivity index (χ2n) is 5.53. The second-order valence-corrected chi connectivity index (χ2v) is 5.53. The van der Waals surface area contributed by atoms with E-state index >= 15 is 0 Å². The molecule has 6 nitrogen and oxygen atoms in total. The van der Waals surface area contributed by atoms with Crippen molar-refractivity contribution in [1.29, 1.82) is 0 Å². The molecule has 2 aromatic carbocycles. The number of carbonyl (C=O) groups is 3. The number of hydrogen-bond donors (Lipinski definition) is 0. The number of hydrogen-bond acceptors (Lipinski definition) is 6. The van der Waals surface area contributed by atoms with Crippen molar-refractivity contribution in [2.45, 2.75) is 32.6 Å². The van der Waals surface area contributed by atoms with Crippen LogP contribution in [0.2, 0.25) is 0 Å². The van der Waals surface area contributed by atoms with Crippen molar-refractivity contribution in [1.82, 2.24) is 0 Å². The van der Waals surface area contributed by atoms with Crippen molar-refractivity contribution >= 4 is 17.9 Å². The summed E-state index contributed by atoms with van der Waals surface area (Å²) in [6.45, 7) is 2.04. The van der Waals surface area contributed by atoms with E-state index in [-0.39, 0.29) is 23.3 Å². The summed E-state index contributed by atoms with van der Waals surface area (Å²) in [4.78, 5) is 45.0. The van der Waals surface area contributed by atoms with Crippen molar-refractivity contribution in [3.05, 3.63) is 65.7 Å². The maximum atomic E-state index is 12.2. The molecule has 6 heteroatoms. The third-order valence-corrected chi connectivity index (χ3v) is 3.52. The molecule has 0 aromatic heterocycles. The minimum atomic E-state index is -0.925. The topological polar surface area (TPSA) is 78.9 Å². The fraction of sp³-hybridized carbons (Fsp3) is 0.250. The summed E-state index contributed by atoms with van der Waals surface area (Å²) in [5, 5.41) is 0. The molecule has 0 fully saturated rings. The lowest BCUT2D eigenvalue weighted by Gasteiger charge is -2.09. The first-order valence-corrected chi connectivity index (χ1v) is 8.39. The third kappa shape index (κ3) is 5.73. The lowest BCUT2D eigenvalue weighted by atomic mass is 10.2. The molecular weight excluding hydrogens is 336 g/mol. The Balaban J connectivity index is 1.96. The number of rotatable bonds is 7. The zero-order chi connectivity index (χ0) is 18.8. The quantitative estimate of drug-likeness (QED) is 0.244. The summed E-state index contributed by atoms with van der Waals surface area (Å²) in [6.07, 6.45) is 2.90. The van der Waals surface area contributed by atoms with Crippen LogP contribution in [0.4, 0.5) is 0 Å². The molecule has 136 valence electrons. The predicted octanol–water partition coefficient (Wildman–Crippen LogP) is 4.10. The Morgan fingerprint density at radius 1 is 0.808 bits per heavy atom. The van der Waals surface area contributed by atoms with Gasteiger partial charge in [0.15, 0.2) is 0 Å². The molecule has 0 bridgehead atoms. The van der Waals surface area contributed by atoms with Crippen molar-refractivity contribution < 1.29 is 28.9 Å². The normalized spacial score (nSPS) is 10.0. The highest BCUT2D eigenvalue weighted by Gasteiger charge is 2.19. The van der Waals surface area contributed by atoms with Crippen LogP contribution >= 0.6 is 0 Å². The molecule has 0 aliphatic carbocycles. The fourth-order valence-electron chi connectivity index (χ4n) is 2.16. The third-order valence-electron chi connectivity index (χ3n) is 3.52. The van der Waals surface area contributed by atoms with Gasteiger partial charge < -0.3 is 4.74 Å². The van der Waals surface area contributed by atoms with E-state index in [0.29, 0.717) is 0 Å². The number of carbonyl (C=O) groups excluding carboxylic acids is 3. The first-order valence-electron chi connectivity index (χ1n) is 8.39. The predicted molar refractivity (Wildman–Crippen MR) is 93.5 cm³/mol. The fourth-order valence-corrected chi connectivity index (χ4v) is 2.16. The Morgan fingerprint density at radius 3 is 2.19 bits per heavy atom. The molecule has 0 amide bonds. The highest BCUT2D eigenvalue weighted by Crippen LogP contribution is 2.20. The van der Waals surface area contributed by atoms with Crippen LogP contribution in [0, 0.1) is 0 Å². The molecule has 0 saturated carbocycles. The molecule has 0 aliphatic rings. The van der Waals surface area contributed by atoms with Gasteiger partial charge in [-0.05, 0) is 30.7 Å². The number of para-hydroxylation sites is 1. The van der Waals surface area contributed by atoms with Crippen LogP contribution in [0.1, 0.15) is 53.3 Å². The SMILES string of the molecule is CCCCCC(=O)Oc1ccccc1C(=O)OOC(=O)c1ccccc1. The Morgan fingerprint density at radius 2 is 1.46 bits per heavy atom. The van der Waals surface area contributed by atoms with Crippen LogP contribution in [0.3, 0.4) is 0 Å². The molecular formula is C20H20O6. The number of benzene rings is 2. The van der Waals surface area contributed by atoms with E-state index in [1.807, 2.05) is 6.92 Å². The van der Waals surface area contributed by atoms with Gasteiger partial charge in [-0.25, -0.2) is 19.4 Å². The van der Waals surface area contributed by atoms with Crippen molar-refractivity contribution in [2.75, 3.05) is 0 Å². The number of esters is 1. The maximum Gasteiger partial charge on any atom is 0.390 e. The van der Waals surface area contributed by atoms with Crippen LogP contribution in [0.15, 0.2) is 54.6 Å². The monoisotopic (exact) mass is 356 g/mol. The Bertz CT molecular complexity index is 754. The van der Waals surface area contributed by atoms with E-state index in [1.165, 1.54) is 24.3 Å². The van der Waals surface area contributed by atoms with E-state index in [9.17, 15) is 14.4 Å². The van der Waals surface area contributed by atoms with Gasteiger partial charge in [0.05, 0.1) is 5.56 Å². The maximum absolute atomic E-state index is 12.2. The van der Waals surface area contributed by atoms with Crippen LogP contribution in [0.5, 0.6) is 5.75 Å². The first-order chi connectivity index (χ1) is 12.6. The summed E-state index contributed by atoms with van der Waals surface area (Å²) in [6, 6.07) is 14.2. The number of ether oxygens (including phenoxy) is 1. The molecule has 0 saturated heterocycles. The highest BCUT2D eigenvalue weighted by molar-refractivity contribution is 5.94. The summed E-state index contributed by atoms with van der Waals surface area (Å²) in [5.41, 5.74) is 0.244. The minimum absolute atomic E-state index is 0.00259. The van der Waals surface area contributed by atoms with Crippen LogP contribution in [0.25, 0.3) is 0 Å². The van der Waals surface area contributed by atoms with E-state index in [1.54, 1.807) is 30.3 Å². The average Bonchev–Trinajstić information content (AvgIpc) is 2.67. The Labute approximate surface area is 151 Å². The molecule has 2 rings (SSSR count). The Hall–Kier alpha value is -3.15. The number of unbranched alkanes of at least 4 members (excludes halogenated alkanes) is 2. The summed E-state index contributed by atoms with van der Waals surface area (Å²) in [7, 11) is 0. The summed E-state index contributed by atoms with van der Waals surface area (Å²) in [5.74, 6) is -2.09. The van der Waals surface area contributed by atoms with Crippen molar-refractivity contribution in [3.63, 3.8) is 0 Å². The molecule has 0 radical (unpaired) electrons.